The zero-order chi connectivity index (χ0) is 16.6. The van der Waals surface area contributed by atoms with E-state index < -0.39 is 6.29 Å². The minimum Gasteiger partial charge on any atom is -0.459 e. The van der Waals surface area contributed by atoms with Crippen LogP contribution in [0.2, 0.25) is 0 Å². The van der Waals surface area contributed by atoms with E-state index >= 15 is 0 Å². The van der Waals surface area contributed by atoms with Crippen LogP contribution in [0, 0.1) is 23.7 Å². The van der Waals surface area contributed by atoms with Crippen LogP contribution in [0.15, 0.2) is 11.8 Å². The van der Waals surface area contributed by atoms with Gasteiger partial charge in [-0.25, -0.2) is 0 Å². The SMILES string of the molecule is C#CCNC(=O)C1=C[C@H](C(C)(C)C)C[C@H](OCCCCO)O1. The number of unbranched alkanes of at least 4 members (excludes halogenated alkanes) is 1. The minimum atomic E-state index is -0.445. The second-order valence-corrected chi connectivity index (χ2v) is 6.47. The van der Waals surface area contributed by atoms with Gasteiger partial charge in [-0.3, -0.25) is 4.79 Å². The molecule has 0 aromatic heterocycles. The molecular weight excluding hydrogens is 282 g/mol. The number of aliphatic hydroxyl groups is 1. The lowest BCUT2D eigenvalue weighted by Gasteiger charge is -2.35. The number of terminal acetylenes is 1. The van der Waals surface area contributed by atoms with Gasteiger partial charge < -0.3 is 19.9 Å². The molecular formula is C17H27NO4. The number of allylic oxidation sites excluding steroid dienone is 1. The second-order valence-electron chi connectivity index (χ2n) is 6.47. The summed E-state index contributed by atoms with van der Waals surface area (Å²) in [4.78, 5) is 12.1. The molecule has 0 unspecified atom stereocenters. The van der Waals surface area contributed by atoms with E-state index in [9.17, 15) is 4.79 Å². The van der Waals surface area contributed by atoms with E-state index in [1.165, 1.54) is 0 Å². The Morgan fingerprint density at radius 1 is 1.55 bits per heavy atom. The van der Waals surface area contributed by atoms with E-state index in [0.29, 0.717) is 19.4 Å². The van der Waals surface area contributed by atoms with E-state index in [-0.39, 0.29) is 36.2 Å². The fraction of sp³-hybridized carbons (Fsp3) is 0.706. The van der Waals surface area contributed by atoms with E-state index in [1.54, 1.807) is 0 Å². The first-order chi connectivity index (χ1) is 10.4. The normalized spacial score (nSPS) is 21.5. The third-order valence-electron chi connectivity index (χ3n) is 3.60. The number of ether oxygens (including phenoxy) is 2. The van der Waals surface area contributed by atoms with E-state index in [2.05, 4.69) is 32.0 Å². The van der Waals surface area contributed by atoms with Crippen LogP contribution >= 0.6 is 0 Å². The summed E-state index contributed by atoms with van der Waals surface area (Å²) in [7, 11) is 0. The summed E-state index contributed by atoms with van der Waals surface area (Å²) in [5, 5.41) is 11.4. The quantitative estimate of drug-likeness (QED) is 0.556. The number of carbonyl (C=O) groups is 1. The largest absolute Gasteiger partial charge is 0.459 e. The van der Waals surface area contributed by atoms with Crippen molar-refractivity contribution in [2.75, 3.05) is 19.8 Å². The fourth-order valence-electron chi connectivity index (χ4n) is 2.17. The van der Waals surface area contributed by atoms with Crippen LogP contribution in [-0.4, -0.2) is 37.1 Å². The van der Waals surface area contributed by atoms with Gasteiger partial charge in [-0.15, -0.1) is 6.42 Å². The van der Waals surface area contributed by atoms with Crippen molar-refractivity contribution in [3.8, 4) is 12.3 Å². The van der Waals surface area contributed by atoms with Crippen molar-refractivity contribution in [2.45, 2.75) is 46.3 Å². The van der Waals surface area contributed by atoms with Crippen molar-refractivity contribution >= 4 is 5.91 Å². The average molecular weight is 309 g/mol. The van der Waals surface area contributed by atoms with Gasteiger partial charge in [-0.1, -0.05) is 26.7 Å². The lowest BCUT2D eigenvalue weighted by Crippen LogP contribution is -2.36. The standard InChI is InChI=1S/C17H27NO4/c1-5-8-18-16(20)14-11-13(17(2,3)4)12-15(22-14)21-10-7-6-9-19/h1,11,13,15,19H,6-10,12H2,2-4H3,(H,18,20)/t13-,15+/m0/s1. The van der Waals surface area contributed by atoms with Gasteiger partial charge in [-0.05, 0) is 30.3 Å². The highest BCUT2D eigenvalue weighted by atomic mass is 16.7. The van der Waals surface area contributed by atoms with Gasteiger partial charge in [0.1, 0.15) is 0 Å². The predicted octanol–water partition coefficient (Wildman–Crippen LogP) is 1.82. The second kappa shape index (κ2) is 8.82. The zero-order valence-corrected chi connectivity index (χ0v) is 13.7. The molecule has 0 fully saturated rings. The zero-order valence-electron chi connectivity index (χ0n) is 13.7. The molecule has 5 heteroatoms. The summed E-state index contributed by atoms with van der Waals surface area (Å²) >= 11 is 0. The molecule has 0 aromatic rings. The van der Waals surface area contributed by atoms with Crippen LogP contribution in [0.4, 0.5) is 0 Å². The summed E-state index contributed by atoms with van der Waals surface area (Å²) < 4.78 is 11.3. The molecule has 0 radical (unpaired) electrons. The summed E-state index contributed by atoms with van der Waals surface area (Å²) in [6.45, 7) is 7.19. The van der Waals surface area contributed by atoms with Crippen LogP contribution in [0.1, 0.15) is 40.0 Å². The minimum absolute atomic E-state index is 0.00807. The van der Waals surface area contributed by atoms with Crippen molar-refractivity contribution < 1.29 is 19.4 Å². The maximum absolute atomic E-state index is 12.1. The molecule has 1 aliphatic heterocycles. The van der Waals surface area contributed by atoms with Crippen molar-refractivity contribution in [1.29, 1.82) is 0 Å². The van der Waals surface area contributed by atoms with Crippen molar-refractivity contribution in [3.63, 3.8) is 0 Å². The molecule has 1 aliphatic rings. The third kappa shape index (κ3) is 6.08. The average Bonchev–Trinajstić information content (AvgIpc) is 2.48. The summed E-state index contributed by atoms with van der Waals surface area (Å²) in [5.41, 5.74) is 0.00807. The molecule has 0 saturated heterocycles. The Labute approximate surface area is 133 Å². The van der Waals surface area contributed by atoms with Crippen LogP contribution in [0.25, 0.3) is 0 Å². The van der Waals surface area contributed by atoms with Gasteiger partial charge in [-0.2, -0.15) is 0 Å². The molecule has 0 aliphatic carbocycles. The van der Waals surface area contributed by atoms with Crippen molar-refractivity contribution in [1.82, 2.24) is 5.32 Å². The van der Waals surface area contributed by atoms with Crippen LogP contribution in [0.3, 0.4) is 0 Å². The Kier molecular flexibility index (Phi) is 7.43. The molecule has 1 rings (SSSR count). The predicted molar refractivity (Wildman–Crippen MR) is 84.6 cm³/mol. The first kappa shape index (κ1) is 18.5. The molecule has 0 bridgehead atoms. The van der Waals surface area contributed by atoms with Gasteiger partial charge in [0.05, 0.1) is 13.2 Å². The summed E-state index contributed by atoms with van der Waals surface area (Å²) in [5.74, 6) is 2.51. The number of hydrogen-bond acceptors (Lipinski definition) is 4. The van der Waals surface area contributed by atoms with Gasteiger partial charge in [0.25, 0.3) is 5.91 Å². The lowest BCUT2D eigenvalue weighted by atomic mass is 9.77. The molecule has 1 heterocycles. The highest BCUT2D eigenvalue weighted by Crippen LogP contribution is 2.36. The Morgan fingerprint density at radius 3 is 2.86 bits per heavy atom. The molecule has 1 amide bonds. The van der Waals surface area contributed by atoms with Crippen molar-refractivity contribution in [2.24, 2.45) is 11.3 Å². The molecule has 0 spiro atoms. The maximum atomic E-state index is 12.1. The number of amides is 1. The fourth-order valence-corrected chi connectivity index (χ4v) is 2.17. The topological polar surface area (TPSA) is 67.8 Å². The van der Waals surface area contributed by atoms with Crippen molar-refractivity contribution in [3.05, 3.63) is 11.8 Å². The van der Waals surface area contributed by atoms with E-state index in [0.717, 1.165) is 6.42 Å². The third-order valence-corrected chi connectivity index (χ3v) is 3.60. The Balaban J connectivity index is 2.70. The van der Waals surface area contributed by atoms with E-state index in [1.807, 2.05) is 6.08 Å². The first-order valence-electron chi connectivity index (χ1n) is 7.71. The molecule has 0 saturated carbocycles. The number of hydrogen-bond donors (Lipinski definition) is 2. The number of carbonyl (C=O) groups excluding carboxylic acids is 1. The highest BCUT2D eigenvalue weighted by Gasteiger charge is 2.33. The Hall–Kier alpha value is -1.51. The maximum Gasteiger partial charge on any atom is 0.286 e. The highest BCUT2D eigenvalue weighted by molar-refractivity contribution is 5.91. The van der Waals surface area contributed by atoms with Gasteiger partial charge >= 0.3 is 0 Å². The lowest BCUT2D eigenvalue weighted by molar-refractivity contribution is -0.153. The molecule has 2 atom stereocenters. The summed E-state index contributed by atoms with van der Waals surface area (Å²) in [6.07, 6.45) is 8.73. The molecule has 5 nitrogen and oxygen atoms in total. The van der Waals surface area contributed by atoms with Gasteiger partial charge in [0, 0.05) is 13.0 Å². The molecule has 0 aromatic carbocycles. The molecule has 2 N–H and O–H groups in total. The van der Waals surface area contributed by atoms with Gasteiger partial charge in [0.15, 0.2) is 5.76 Å². The Morgan fingerprint density at radius 2 is 2.27 bits per heavy atom. The van der Waals surface area contributed by atoms with Crippen LogP contribution in [-0.2, 0) is 14.3 Å². The summed E-state index contributed by atoms with van der Waals surface area (Å²) in [6, 6.07) is 0. The van der Waals surface area contributed by atoms with Gasteiger partial charge in [0.2, 0.25) is 6.29 Å². The monoisotopic (exact) mass is 309 g/mol. The number of aliphatic hydroxyl groups excluding tert-OH is 1. The number of rotatable bonds is 7. The molecule has 22 heavy (non-hydrogen) atoms. The molecule has 124 valence electrons. The first-order valence-corrected chi connectivity index (χ1v) is 7.71. The smallest absolute Gasteiger partial charge is 0.286 e. The van der Waals surface area contributed by atoms with Crippen LogP contribution in [0.5, 0.6) is 0 Å². The van der Waals surface area contributed by atoms with E-state index in [4.69, 9.17) is 21.0 Å². The Bertz CT molecular complexity index is 431. The van der Waals surface area contributed by atoms with Crippen LogP contribution < -0.4 is 5.32 Å². The number of nitrogens with one attached hydrogen (secondary N) is 1.